The highest BCUT2D eigenvalue weighted by Gasteiger charge is 2.18. The Bertz CT molecular complexity index is 214. The second kappa shape index (κ2) is 10.6. The standard InChI is InChI=1S/C15H33N3O/c1-15(7-14-19-2)18-11-6-10-17(12-13-18)9-5-3-4-8-16/h15H,3-14,16H2,1-2H3. The SMILES string of the molecule is COCCC(C)N1CCCN(CCCCCN)CC1. The fraction of sp³-hybridized carbons (Fsp3) is 1.00. The number of nitrogens with zero attached hydrogens (tertiary/aromatic N) is 2. The fourth-order valence-electron chi connectivity index (χ4n) is 2.78. The first-order chi connectivity index (χ1) is 9.27. The van der Waals surface area contributed by atoms with E-state index in [1.807, 2.05) is 0 Å². The molecule has 0 aliphatic carbocycles. The molecule has 0 aromatic rings. The Kier molecular flexibility index (Phi) is 9.43. The minimum Gasteiger partial charge on any atom is -0.385 e. The summed E-state index contributed by atoms with van der Waals surface area (Å²) in [7, 11) is 1.79. The Morgan fingerprint density at radius 1 is 1.11 bits per heavy atom. The molecular formula is C15H33N3O. The van der Waals surface area contributed by atoms with Crippen LogP contribution in [0.1, 0.15) is 39.0 Å². The van der Waals surface area contributed by atoms with Gasteiger partial charge in [0.2, 0.25) is 0 Å². The molecule has 0 radical (unpaired) electrons. The molecule has 0 aromatic heterocycles. The van der Waals surface area contributed by atoms with Gasteiger partial charge < -0.3 is 15.4 Å². The summed E-state index contributed by atoms with van der Waals surface area (Å²) in [5.41, 5.74) is 5.53. The molecule has 114 valence electrons. The molecule has 1 aliphatic heterocycles. The van der Waals surface area contributed by atoms with Gasteiger partial charge in [-0.15, -0.1) is 0 Å². The van der Waals surface area contributed by atoms with Gasteiger partial charge in [0.1, 0.15) is 0 Å². The van der Waals surface area contributed by atoms with E-state index in [0.29, 0.717) is 6.04 Å². The Labute approximate surface area is 119 Å². The van der Waals surface area contributed by atoms with Crippen LogP contribution in [0.15, 0.2) is 0 Å². The Hall–Kier alpha value is -0.160. The molecule has 0 spiro atoms. The summed E-state index contributed by atoms with van der Waals surface area (Å²) in [6.45, 7) is 10.2. The monoisotopic (exact) mass is 271 g/mol. The zero-order chi connectivity index (χ0) is 13.9. The van der Waals surface area contributed by atoms with Crippen LogP contribution in [0.2, 0.25) is 0 Å². The molecule has 0 saturated carbocycles. The predicted octanol–water partition coefficient (Wildman–Crippen LogP) is 1.55. The van der Waals surface area contributed by atoms with Crippen LogP contribution in [-0.2, 0) is 4.74 Å². The van der Waals surface area contributed by atoms with E-state index in [0.717, 1.165) is 19.6 Å². The summed E-state index contributed by atoms with van der Waals surface area (Å²) in [6, 6.07) is 0.650. The maximum atomic E-state index is 5.53. The Morgan fingerprint density at radius 2 is 1.95 bits per heavy atom. The number of hydrogen-bond acceptors (Lipinski definition) is 4. The van der Waals surface area contributed by atoms with Gasteiger partial charge in [-0.2, -0.15) is 0 Å². The van der Waals surface area contributed by atoms with Gasteiger partial charge in [-0.05, 0) is 58.8 Å². The van der Waals surface area contributed by atoms with Crippen molar-refractivity contribution in [2.45, 2.75) is 45.1 Å². The Balaban J connectivity index is 2.19. The summed E-state index contributed by atoms with van der Waals surface area (Å²) in [5, 5.41) is 0. The largest absolute Gasteiger partial charge is 0.385 e. The van der Waals surface area contributed by atoms with Crippen LogP contribution in [0, 0.1) is 0 Å². The quantitative estimate of drug-likeness (QED) is 0.646. The van der Waals surface area contributed by atoms with Crippen LogP contribution in [0.5, 0.6) is 0 Å². The van der Waals surface area contributed by atoms with Crippen molar-refractivity contribution < 1.29 is 4.74 Å². The molecule has 1 aliphatic rings. The molecular weight excluding hydrogens is 238 g/mol. The van der Waals surface area contributed by atoms with Crippen LogP contribution in [-0.4, -0.2) is 68.8 Å². The highest BCUT2D eigenvalue weighted by molar-refractivity contribution is 4.74. The predicted molar refractivity (Wildman–Crippen MR) is 81.5 cm³/mol. The molecule has 1 heterocycles. The second-order valence-electron chi connectivity index (χ2n) is 5.71. The first-order valence-corrected chi connectivity index (χ1v) is 7.93. The average Bonchev–Trinajstić information content (AvgIpc) is 2.66. The lowest BCUT2D eigenvalue weighted by Gasteiger charge is -2.27. The molecule has 2 N–H and O–H groups in total. The van der Waals surface area contributed by atoms with E-state index in [4.69, 9.17) is 10.5 Å². The first kappa shape index (κ1) is 16.9. The molecule has 0 amide bonds. The van der Waals surface area contributed by atoms with Crippen molar-refractivity contribution in [3.8, 4) is 0 Å². The normalized spacial score (nSPS) is 20.4. The van der Waals surface area contributed by atoms with E-state index >= 15 is 0 Å². The van der Waals surface area contributed by atoms with Gasteiger partial charge >= 0.3 is 0 Å². The number of hydrogen-bond donors (Lipinski definition) is 1. The van der Waals surface area contributed by atoms with Gasteiger partial charge in [0.15, 0.2) is 0 Å². The van der Waals surface area contributed by atoms with E-state index in [1.165, 1.54) is 58.4 Å². The average molecular weight is 271 g/mol. The topological polar surface area (TPSA) is 41.7 Å². The minimum atomic E-state index is 0.650. The van der Waals surface area contributed by atoms with Gasteiger partial charge in [0, 0.05) is 32.8 Å². The molecule has 0 bridgehead atoms. The van der Waals surface area contributed by atoms with Crippen molar-refractivity contribution in [2.75, 3.05) is 53.0 Å². The fourth-order valence-corrected chi connectivity index (χ4v) is 2.78. The number of nitrogens with two attached hydrogens (primary N) is 1. The zero-order valence-electron chi connectivity index (χ0n) is 12.9. The highest BCUT2D eigenvalue weighted by atomic mass is 16.5. The maximum Gasteiger partial charge on any atom is 0.0477 e. The summed E-state index contributed by atoms with van der Waals surface area (Å²) < 4.78 is 5.18. The lowest BCUT2D eigenvalue weighted by atomic mass is 10.2. The van der Waals surface area contributed by atoms with E-state index < -0.39 is 0 Å². The van der Waals surface area contributed by atoms with Crippen molar-refractivity contribution in [1.82, 2.24) is 9.80 Å². The third-order valence-corrected chi connectivity index (χ3v) is 4.16. The van der Waals surface area contributed by atoms with Crippen molar-refractivity contribution in [1.29, 1.82) is 0 Å². The van der Waals surface area contributed by atoms with Gasteiger partial charge in [0.05, 0.1) is 0 Å². The van der Waals surface area contributed by atoms with E-state index in [1.54, 1.807) is 7.11 Å². The van der Waals surface area contributed by atoms with Crippen molar-refractivity contribution in [3.63, 3.8) is 0 Å². The van der Waals surface area contributed by atoms with Crippen LogP contribution in [0.3, 0.4) is 0 Å². The molecule has 1 unspecified atom stereocenters. The van der Waals surface area contributed by atoms with E-state index in [9.17, 15) is 0 Å². The van der Waals surface area contributed by atoms with Crippen LogP contribution >= 0.6 is 0 Å². The number of unbranched alkanes of at least 4 members (excludes halogenated alkanes) is 2. The van der Waals surface area contributed by atoms with Gasteiger partial charge in [-0.3, -0.25) is 4.90 Å². The van der Waals surface area contributed by atoms with Crippen LogP contribution in [0.4, 0.5) is 0 Å². The number of ether oxygens (including phenoxy) is 1. The summed E-state index contributed by atoms with van der Waals surface area (Å²) in [4.78, 5) is 5.25. The molecule has 4 nitrogen and oxygen atoms in total. The smallest absolute Gasteiger partial charge is 0.0477 e. The maximum absolute atomic E-state index is 5.53. The first-order valence-electron chi connectivity index (χ1n) is 7.93. The van der Waals surface area contributed by atoms with Crippen LogP contribution in [0.25, 0.3) is 0 Å². The minimum absolute atomic E-state index is 0.650. The summed E-state index contributed by atoms with van der Waals surface area (Å²) in [5.74, 6) is 0. The van der Waals surface area contributed by atoms with Gasteiger partial charge in [-0.25, -0.2) is 0 Å². The number of rotatable bonds is 9. The van der Waals surface area contributed by atoms with E-state index in [2.05, 4.69) is 16.7 Å². The molecule has 1 atom stereocenters. The molecule has 1 rings (SSSR count). The molecule has 19 heavy (non-hydrogen) atoms. The summed E-state index contributed by atoms with van der Waals surface area (Å²) >= 11 is 0. The van der Waals surface area contributed by atoms with Crippen molar-refractivity contribution in [2.24, 2.45) is 5.73 Å². The molecule has 1 fully saturated rings. The molecule has 0 aromatic carbocycles. The number of methoxy groups -OCH3 is 1. The van der Waals surface area contributed by atoms with Gasteiger partial charge in [-0.1, -0.05) is 6.42 Å². The molecule has 4 heteroatoms. The summed E-state index contributed by atoms with van der Waals surface area (Å²) in [6.07, 6.45) is 6.20. The second-order valence-corrected chi connectivity index (χ2v) is 5.71. The third-order valence-electron chi connectivity index (χ3n) is 4.16. The van der Waals surface area contributed by atoms with Crippen LogP contribution < -0.4 is 5.73 Å². The zero-order valence-corrected chi connectivity index (χ0v) is 12.9. The van der Waals surface area contributed by atoms with Crippen molar-refractivity contribution in [3.05, 3.63) is 0 Å². The highest BCUT2D eigenvalue weighted by Crippen LogP contribution is 2.10. The third kappa shape index (κ3) is 7.25. The lowest BCUT2D eigenvalue weighted by molar-refractivity contribution is 0.139. The Morgan fingerprint density at radius 3 is 2.68 bits per heavy atom. The van der Waals surface area contributed by atoms with Gasteiger partial charge in [0.25, 0.3) is 0 Å². The van der Waals surface area contributed by atoms with Crippen molar-refractivity contribution >= 4 is 0 Å². The van der Waals surface area contributed by atoms with E-state index in [-0.39, 0.29) is 0 Å². The molecule has 1 saturated heterocycles. The lowest BCUT2D eigenvalue weighted by Crippen LogP contribution is -2.37.